The van der Waals surface area contributed by atoms with Gasteiger partial charge in [0.15, 0.2) is 0 Å². The second-order valence-electron chi connectivity index (χ2n) is 6.77. The standard InChI is InChI=1S/C20H26FN5O.C2H6/c1-14-3-4-15(11-17(14)21)19(13-26-9-7-23-8-10-26)25-16-5-6-18(24-12-16)20(27)22-2;1-2/h3-6,11-12,19,23,25H,7-10,13H2,1-2H3,(H,22,27);1-2H3. The van der Waals surface area contributed by atoms with Crippen LogP contribution in [0, 0.1) is 12.7 Å². The zero-order valence-electron chi connectivity index (χ0n) is 17.8. The molecule has 3 rings (SSSR count). The van der Waals surface area contributed by atoms with Crippen molar-refractivity contribution in [3.63, 3.8) is 0 Å². The number of nitrogens with zero attached hydrogens (tertiary/aromatic N) is 2. The van der Waals surface area contributed by atoms with Crippen LogP contribution in [0.5, 0.6) is 0 Å². The van der Waals surface area contributed by atoms with Crippen molar-refractivity contribution in [1.82, 2.24) is 20.5 Å². The average molecular weight is 402 g/mol. The Morgan fingerprint density at radius 2 is 1.97 bits per heavy atom. The third-order valence-electron chi connectivity index (χ3n) is 4.81. The maximum absolute atomic E-state index is 14.1. The normalized spacial score (nSPS) is 15.1. The highest BCUT2D eigenvalue weighted by Gasteiger charge is 2.19. The second kappa shape index (κ2) is 11.5. The van der Waals surface area contributed by atoms with Gasteiger partial charge in [-0.05, 0) is 36.2 Å². The van der Waals surface area contributed by atoms with E-state index in [1.807, 2.05) is 32.0 Å². The van der Waals surface area contributed by atoms with E-state index in [0.29, 0.717) is 11.3 Å². The number of anilines is 1. The van der Waals surface area contributed by atoms with Crippen LogP contribution in [0.2, 0.25) is 0 Å². The van der Waals surface area contributed by atoms with E-state index in [1.165, 1.54) is 0 Å². The van der Waals surface area contributed by atoms with Crippen LogP contribution in [0.3, 0.4) is 0 Å². The highest BCUT2D eigenvalue weighted by Crippen LogP contribution is 2.23. The van der Waals surface area contributed by atoms with Gasteiger partial charge in [-0.2, -0.15) is 0 Å². The number of aryl methyl sites for hydroxylation is 1. The average Bonchev–Trinajstić information content (AvgIpc) is 2.77. The minimum atomic E-state index is -0.223. The topological polar surface area (TPSA) is 69.3 Å². The molecule has 0 aliphatic carbocycles. The molecule has 1 aromatic heterocycles. The Hall–Kier alpha value is -2.51. The van der Waals surface area contributed by atoms with Gasteiger partial charge in [-0.3, -0.25) is 9.69 Å². The number of pyridine rings is 1. The van der Waals surface area contributed by atoms with Gasteiger partial charge in [-0.25, -0.2) is 9.37 Å². The molecule has 1 aliphatic rings. The summed E-state index contributed by atoms with van der Waals surface area (Å²) in [5, 5.41) is 9.35. The Kier molecular flexibility index (Phi) is 9.02. The van der Waals surface area contributed by atoms with Crippen molar-refractivity contribution in [2.24, 2.45) is 0 Å². The summed E-state index contributed by atoms with van der Waals surface area (Å²) < 4.78 is 14.1. The Balaban J connectivity index is 0.00000145. The van der Waals surface area contributed by atoms with E-state index < -0.39 is 0 Å². The van der Waals surface area contributed by atoms with E-state index in [0.717, 1.165) is 44.0 Å². The van der Waals surface area contributed by atoms with E-state index >= 15 is 0 Å². The first-order chi connectivity index (χ1) is 14.1. The SMILES string of the molecule is CC.CNC(=O)c1ccc(NC(CN2CCNCC2)c2ccc(C)c(F)c2)cn1. The molecule has 2 aromatic rings. The van der Waals surface area contributed by atoms with Gasteiger partial charge in [0.25, 0.3) is 5.91 Å². The molecule has 1 unspecified atom stereocenters. The molecule has 3 N–H and O–H groups in total. The Morgan fingerprint density at radius 1 is 1.24 bits per heavy atom. The minimum absolute atomic E-state index is 0.0779. The first-order valence-electron chi connectivity index (χ1n) is 10.2. The van der Waals surface area contributed by atoms with Crippen LogP contribution in [0.25, 0.3) is 0 Å². The molecule has 1 amide bonds. The molecule has 2 heterocycles. The largest absolute Gasteiger partial charge is 0.376 e. The van der Waals surface area contributed by atoms with Gasteiger partial charge in [-0.15, -0.1) is 0 Å². The number of halogens is 1. The zero-order chi connectivity index (χ0) is 21.2. The van der Waals surface area contributed by atoms with Gasteiger partial charge in [-0.1, -0.05) is 26.0 Å². The maximum atomic E-state index is 14.1. The summed E-state index contributed by atoms with van der Waals surface area (Å²) in [5.41, 5.74) is 2.69. The molecule has 29 heavy (non-hydrogen) atoms. The number of hydrogen-bond donors (Lipinski definition) is 3. The Morgan fingerprint density at radius 3 is 2.55 bits per heavy atom. The number of benzene rings is 1. The van der Waals surface area contributed by atoms with Crippen molar-refractivity contribution < 1.29 is 9.18 Å². The molecule has 6 nitrogen and oxygen atoms in total. The lowest BCUT2D eigenvalue weighted by molar-refractivity contribution is 0.0958. The van der Waals surface area contributed by atoms with E-state index in [2.05, 4.69) is 25.8 Å². The van der Waals surface area contributed by atoms with Crippen molar-refractivity contribution in [3.8, 4) is 0 Å². The predicted octanol–water partition coefficient (Wildman–Crippen LogP) is 2.97. The molecule has 7 heteroatoms. The number of carbonyl (C=O) groups is 1. The number of carbonyl (C=O) groups excluding carboxylic acids is 1. The van der Waals surface area contributed by atoms with Crippen LogP contribution in [-0.4, -0.2) is 55.6 Å². The number of hydrogen-bond acceptors (Lipinski definition) is 5. The fourth-order valence-electron chi connectivity index (χ4n) is 3.15. The third kappa shape index (κ3) is 6.51. The zero-order valence-corrected chi connectivity index (χ0v) is 17.8. The quantitative estimate of drug-likeness (QED) is 0.694. The summed E-state index contributed by atoms with van der Waals surface area (Å²) >= 11 is 0. The summed E-state index contributed by atoms with van der Waals surface area (Å²) in [5.74, 6) is -0.424. The lowest BCUT2D eigenvalue weighted by atomic mass is 10.0. The maximum Gasteiger partial charge on any atom is 0.269 e. The summed E-state index contributed by atoms with van der Waals surface area (Å²) in [6.45, 7) is 10.4. The van der Waals surface area contributed by atoms with Crippen molar-refractivity contribution in [2.45, 2.75) is 26.8 Å². The van der Waals surface area contributed by atoms with Crippen LogP contribution in [-0.2, 0) is 0 Å². The van der Waals surface area contributed by atoms with Crippen molar-refractivity contribution >= 4 is 11.6 Å². The van der Waals surface area contributed by atoms with Crippen LogP contribution in [0.15, 0.2) is 36.5 Å². The van der Waals surface area contributed by atoms with Crippen LogP contribution in [0.4, 0.5) is 10.1 Å². The van der Waals surface area contributed by atoms with Gasteiger partial charge in [0.2, 0.25) is 0 Å². The van der Waals surface area contributed by atoms with Gasteiger partial charge in [0.1, 0.15) is 11.5 Å². The predicted molar refractivity (Wildman–Crippen MR) is 116 cm³/mol. The molecule has 0 spiro atoms. The molecule has 1 atom stereocenters. The number of rotatable bonds is 6. The molecule has 158 valence electrons. The van der Waals surface area contributed by atoms with Crippen molar-refractivity contribution in [3.05, 3.63) is 59.2 Å². The Bertz CT molecular complexity index is 775. The molecule has 1 aliphatic heterocycles. The van der Waals surface area contributed by atoms with Gasteiger partial charge >= 0.3 is 0 Å². The van der Waals surface area contributed by atoms with Crippen LogP contribution >= 0.6 is 0 Å². The number of piperazine rings is 1. The highest BCUT2D eigenvalue weighted by atomic mass is 19.1. The molecule has 1 aromatic carbocycles. The third-order valence-corrected chi connectivity index (χ3v) is 4.81. The lowest BCUT2D eigenvalue weighted by Gasteiger charge is -2.32. The first kappa shape index (κ1) is 22.8. The molecule has 1 saturated heterocycles. The van der Waals surface area contributed by atoms with E-state index in [-0.39, 0.29) is 17.8 Å². The molecule has 0 saturated carbocycles. The summed E-state index contributed by atoms with van der Waals surface area (Å²) in [6.07, 6.45) is 1.64. The van der Waals surface area contributed by atoms with E-state index in [4.69, 9.17) is 0 Å². The fourth-order valence-corrected chi connectivity index (χ4v) is 3.15. The molecule has 1 fully saturated rings. The lowest BCUT2D eigenvalue weighted by Crippen LogP contribution is -2.45. The fraction of sp³-hybridized carbons (Fsp3) is 0.455. The van der Waals surface area contributed by atoms with Gasteiger partial charge in [0.05, 0.1) is 17.9 Å². The molecular formula is C22H32FN5O. The van der Waals surface area contributed by atoms with Crippen molar-refractivity contribution in [2.75, 3.05) is 45.1 Å². The summed E-state index contributed by atoms with van der Waals surface area (Å²) in [4.78, 5) is 18.2. The molecule has 0 radical (unpaired) electrons. The van der Waals surface area contributed by atoms with Gasteiger partial charge in [0, 0.05) is 39.8 Å². The van der Waals surface area contributed by atoms with E-state index in [9.17, 15) is 9.18 Å². The van der Waals surface area contributed by atoms with Gasteiger partial charge < -0.3 is 16.0 Å². The van der Waals surface area contributed by atoms with Crippen LogP contribution < -0.4 is 16.0 Å². The smallest absolute Gasteiger partial charge is 0.269 e. The molecule has 0 bridgehead atoms. The summed E-state index contributed by atoms with van der Waals surface area (Å²) in [7, 11) is 1.58. The second-order valence-corrected chi connectivity index (χ2v) is 6.77. The minimum Gasteiger partial charge on any atom is -0.376 e. The van der Waals surface area contributed by atoms with Crippen LogP contribution in [0.1, 0.15) is 41.5 Å². The Labute approximate surface area is 172 Å². The van der Waals surface area contributed by atoms with E-state index in [1.54, 1.807) is 32.3 Å². The first-order valence-corrected chi connectivity index (χ1v) is 10.2. The number of nitrogens with one attached hydrogen (secondary N) is 3. The molecular weight excluding hydrogens is 369 g/mol. The number of aromatic nitrogens is 1. The number of amides is 1. The van der Waals surface area contributed by atoms with Crippen molar-refractivity contribution in [1.29, 1.82) is 0 Å². The monoisotopic (exact) mass is 401 g/mol. The highest BCUT2D eigenvalue weighted by molar-refractivity contribution is 5.92. The summed E-state index contributed by atoms with van der Waals surface area (Å²) in [6, 6.07) is 8.80.